The molecule has 2 aromatic heterocycles. The minimum Gasteiger partial charge on any atom is -0.368 e. The highest BCUT2D eigenvalue weighted by atomic mass is 35.5. The lowest BCUT2D eigenvalue weighted by atomic mass is 10.1. The Hall–Kier alpha value is -1.39. The largest absolute Gasteiger partial charge is 0.368 e. The maximum absolute atomic E-state index is 5.94. The van der Waals surface area contributed by atoms with Gasteiger partial charge in [0, 0.05) is 18.8 Å². The molecule has 0 bridgehead atoms. The second-order valence-corrected chi connectivity index (χ2v) is 3.98. The number of nitrogen functional groups attached to an aromatic ring is 1. The Labute approximate surface area is 102 Å². The van der Waals surface area contributed by atoms with Gasteiger partial charge in [-0.1, -0.05) is 23.2 Å². The Morgan fingerprint density at radius 3 is 2.81 bits per heavy atom. The average Bonchev–Trinajstić information content (AvgIpc) is 2.24. The van der Waals surface area contributed by atoms with Gasteiger partial charge in [-0.25, -0.2) is 15.0 Å². The van der Waals surface area contributed by atoms with E-state index in [4.69, 9.17) is 28.9 Å². The molecule has 2 heterocycles. The van der Waals surface area contributed by atoms with E-state index in [1.165, 1.54) is 6.20 Å². The van der Waals surface area contributed by atoms with E-state index in [9.17, 15) is 0 Å². The highest BCUT2D eigenvalue weighted by Gasteiger charge is 2.05. The van der Waals surface area contributed by atoms with Crippen LogP contribution in [0.4, 0.5) is 5.95 Å². The van der Waals surface area contributed by atoms with E-state index in [0.29, 0.717) is 16.6 Å². The molecule has 2 N–H and O–H groups in total. The smallest absolute Gasteiger partial charge is 0.220 e. The normalized spacial score (nSPS) is 10.4. The molecule has 0 fully saturated rings. The third-order valence-corrected chi connectivity index (χ3v) is 2.53. The molecule has 0 radical (unpaired) electrons. The van der Waals surface area contributed by atoms with Gasteiger partial charge in [0.25, 0.3) is 0 Å². The maximum Gasteiger partial charge on any atom is 0.220 e. The van der Waals surface area contributed by atoms with Crippen molar-refractivity contribution in [3.05, 3.63) is 46.0 Å². The number of pyridine rings is 1. The number of aromatic nitrogens is 3. The van der Waals surface area contributed by atoms with Crippen LogP contribution in [0.1, 0.15) is 11.3 Å². The van der Waals surface area contributed by atoms with Gasteiger partial charge in [-0.15, -0.1) is 0 Å². The van der Waals surface area contributed by atoms with Crippen LogP contribution in [-0.2, 0) is 6.42 Å². The molecule has 0 unspecified atom stereocenters. The quantitative estimate of drug-likeness (QED) is 0.836. The summed E-state index contributed by atoms with van der Waals surface area (Å²) in [7, 11) is 0. The zero-order valence-corrected chi connectivity index (χ0v) is 9.70. The van der Waals surface area contributed by atoms with E-state index < -0.39 is 0 Å². The van der Waals surface area contributed by atoms with Crippen molar-refractivity contribution in [3.8, 4) is 0 Å². The van der Waals surface area contributed by atoms with Crippen molar-refractivity contribution in [3.63, 3.8) is 0 Å². The molecule has 0 saturated carbocycles. The van der Waals surface area contributed by atoms with E-state index in [-0.39, 0.29) is 5.95 Å². The minimum atomic E-state index is 0.239. The predicted molar refractivity (Wildman–Crippen MR) is 63.5 cm³/mol. The van der Waals surface area contributed by atoms with Crippen molar-refractivity contribution in [2.24, 2.45) is 0 Å². The number of anilines is 1. The summed E-state index contributed by atoms with van der Waals surface area (Å²) < 4.78 is 0. The second kappa shape index (κ2) is 4.63. The molecule has 0 aromatic carbocycles. The molecule has 0 aliphatic carbocycles. The fraction of sp³-hybridized carbons (Fsp3) is 0.100. The SMILES string of the molecule is Nc1nccc(Cc2cc(Cl)cnc2Cl)n1. The van der Waals surface area contributed by atoms with Crippen LogP contribution in [0.15, 0.2) is 24.5 Å². The molecule has 0 spiro atoms. The molecular formula is C10H8Cl2N4. The van der Waals surface area contributed by atoms with Gasteiger partial charge in [0.1, 0.15) is 5.15 Å². The summed E-state index contributed by atoms with van der Waals surface area (Å²) in [5.41, 5.74) is 7.07. The number of nitrogens with zero attached hydrogens (tertiary/aromatic N) is 3. The van der Waals surface area contributed by atoms with Gasteiger partial charge in [-0.05, 0) is 17.7 Å². The van der Waals surface area contributed by atoms with Crippen molar-refractivity contribution >= 4 is 29.2 Å². The van der Waals surface area contributed by atoms with Gasteiger partial charge in [0.15, 0.2) is 0 Å². The molecule has 2 aromatic rings. The first kappa shape index (κ1) is 11.1. The number of nitrogens with two attached hydrogens (primary N) is 1. The Bertz CT molecular complexity index is 516. The van der Waals surface area contributed by atoms with Gasteiger partial charge in [0.05, 0.1) is 10.7 Å². The van der Waals surface area contributed by atoms with E-state index in [0.717, 1.165) is 11.3 Å². The molecule has 0 saturated heterocycles. The van der Waals surface area contributed by atoms with Crippen molar-refractivity contribution in [2.45, 2.75) is 6.42 Å². The van der Waals surface area contributed by atoms with Gasteiger partial charge in [-0.2, -0.15) is 0 Å². The van der Waals surface area contributed by atoms with Gasteiger partial charge in [-0.3, -0.25) is 0 Å². The highest BCUT2D eigenvalue weighted by Crippen LogP contribution is 2.20. The van der Waals surface area contributed by atoms with Crippen molar-refractivity contribution in [1.29, 1.82) is 0 Å². The third-order valence-electron chi connectivity index (χ3n) is 1.98. The van der Waals surface area contributed by atoms with Gasteiger partial charge in [0.2, 0.25) is 5.95 Å². The average molecular weight is 255 g/mol. The van der Waals surface area contributed by atoms with Gasteiger partial charge < -0.3 is 5.73 Å². The van der Waals surface area contributed by atoms with E-state index >= 15 is 0 Å². The highest BCUT2D eigenvalue weighted by molar-refractivity contribution is 6.32. The van der Waals surface area contributed by atoms with Crippen LogP contribution in [0.25, 0.3) is 0 Å². The Balaban J connectivity index is 2.30. The lowest BCUT2D eigenvalue weighted by Gasteiger charge is -2.03. The molecule has 16 heavy (non-hydrogen) atoms. The monoisotopic (exact) mass is 254 g/mol. The molecule has 82 valence electrons. The van der Waals surface area contributed by atoms with Crippen molar-refractivity contribution in [1.82, 2.24) is 15.0 Å². The van der Waals surface area contributed by atoms with E-state index in [1.807, 2.05) is 0 Å². The summed E-state index contributed by atoms with van der Waals surface area (Å²) in [5, 5.41) is 0.961. The summed E-state index contributed by atoms with van der Waals surface area (Å²) in [5.74, 6) is 0.239. The topological polar surface area (TPSA) is 64.7 Å². The second-order valence-electron chi connectivity index (χ2n) is 3.19. The predicted octanol–water partition coefficient (Wildman–Crippen LogP) is 2.35. The standard InChI is InChI=1S/C10H8Cl2N4/c11-7-3-6(9(12)15-5-7)4-8-1-2-14-10(13)16-8/h1-3,5H,4H2,(H2,13,14,16). The molecule has 6 heteroatoms. The van der Waals surface area contributed by atoms with Crippen LogP contribution in [0, 0.1) is 0 Å². The van der Waals surface area contributed by atoms with Crippen LogP contribution in [0.2, 0.25) is 10.2 Å². The van der Waals surface area contributed by atoms with Crippen LogP contribution in [-0.4, -0.2) is 15.0 Å². The Kier molecular flexibility index (Phi) is 3.22. The number of halogens is 2. The van der Waals surface area contributed by atoms with Crippen molar-refractivity contribution in [2.75, 3.05) is 5.73 Å². The molecule has 0 aliphatic rings. The molecule has 4 nitrogen and oxygen atoms in total. The van der Waals surface area contributed by atoms with Crippen LogP contribution in [0.3, 0.4) is 0 Å². The lowest BCUT2D eigenvalue weighted by Crippen LogP contribution is -1.99. The minimum absolute atomic E-state index is 0.239. The number of hydrogen-bond acceptors (Lipinski definition) is 4. The van der Waals surface area contributed by atoms with E-state index in [1.54, 1.807) is 18.3 Å². The third kappa shape index (κ3) is 2.59. The summed E-state index contributed by atoms with van der Waals surface area (Å²) in [6.45, 7) is 0. The Morgan fingerprint density at radius 1 is 1.25 bits per heavy atom. The summed E-state index contributed by atoms with van der Waals surface area (Å²) in [6.07, 6.45) is 3.63. The lowest BCUT2D eigenvalue weighted by molar-refractivity contribution is 1.03. The summed E-state index contributed by atoms with van der Waals surface area (Å²) in [6, 6.07) is 3.53. The summed E-state index contributed by atoms with van der Waals surface area (Å²) in [4.78, 5) is 11.8. The fourth-order valence-corrected chi connectivity index (χ4v) is 1.65. The van der Waals surface area contributed by atoms with Crippen LogP contribution >= 0.6 is 23.2 Å². The van der Waals surface area contributed by atoms with Gasteiger partial charge >= 0.3 is 0 Å². The fourth-order valence-electron chi connectivity index (χ4n) is 1.30. The molecule has 0 atom stereocenters. The number of rotatable bonds is 2. The zero-order chi connectivity index (χ0) is 11.5. The zero-order valence-electron chi connectivity index (χ0n) is 8.19. The van der Waals surface area contributed by atoms with E-state index in [2.05, 4.69) is 15.0 Å². The first-order chi connectivity index (χ1) is 7.65. The van der Waals surface area contributed by atoms with Crippen molar-refractivity contribution < 1.29 is 0 Å². The molecule has 0 amide bonds. The number of hydrogen-bond donors (Lipinski definition) is 1. The maximum atomic E-state index is 5.94. The summed E-state index contributed by atoms with van der Waals surface area (Å²) >= 11 is 11.8. The Morgan fingerprint density at radius 2 is 2.06 bits per heavy atom. The molecule has 2 rings (SSSR count). The van der Waals surface area contributed by atoms with Crippen LogP contribution < -0.4 is 5.73 Å². The first-order valence-electron chi connectivity index (χ1n) is 4.52. The first-order valence-corrected chi connectivity index (χ1v) is 5.28. The molecule has 0 aliphatic heterocycles. The van der Waals surface area contributed by atoms with Crippen LogP contribution in [0.5, 0.6) is 0 Å². The molecular weight excluding hydrogens is 247 g/mol.